The Morgan fingerprint density at radius 2 is 1.92 bits per heavy atom. The van der Waals surface area contributed by atoms with Crippen molar-refractivity contribution in [1.29, 1.82) is 0 Å². The number of unbranched alkanes of at least 4 members (excludes halogenated alkanes) is 5. The van der Waals surface area contributed by atoms with E-state index in [0.717, 1.165) is 24.1 Å². The summed E-state index contributed by atoms with van der Waals surface area (Å²) in [5, 5.41) is 2.98. The summed E-state index contributed by atoms with van der Waals surface area (Å²) in [7, 11) is 1.60. The Labute approximate surface area is 146 Å². The standard InChI is InChI=1S/C19H33N3O2/c1-3-4-5-6-7-8-11-22-19(23)13-15-9-10-16(17(21)14-20)18(12-15)24-2/h9-10,12,17H,3-8,11,13-14,20-21H2,1-2H3,(H,22,23). The van der Waals surface area contributed by atoms with Crippen molar-refractivity contribution in [3.63, 3.8) is 0 Å². The summed E-state index contributed by atoms with van der Waals surface area (Å²) in [6.45, 7) is 3.32. The molecule has 1 amide bonds. The van der Waals surface area contributed by atoms with Gasteiger partial charge in [0.1, 0.15) is 5.75 Å². The molecule has 0 bridgehead atoms. The number of methoxy groups -OCH3 is 1. The van der Waals surface area contributed by atoms with Crippen LogP contribution in [0.15, 0.2) is 18.2 Å². The van der Waals surface area contributed by atoms with Gasteiger partial charge in [0.25, 0.3) is 0 Å². The summed E-state index contributed by atoms with van der Waals surface area (Å²) in [6.07, 6.45) is 7.69. The molecule has 0 spiro atoms. The smallest absolute Gasteiger partial charge is 0.224 e. The highest BCUT2D eigenvalue weighted by Crippen LogP contribution is 2.25. The van der Waals surface area contributed by atoms with Crippen LogP contribution in [0.3, 0.4) is 0 Å². The minimum absolute atomic E-state index is 0.0430. The summed E-state index contributed by atoms with van der Waals surface area (Å²) in [4.78, 5) is 12.0. The molecule has 1 atom stereocenters. The Bertz CT molecular complexity index is 492. The van der Waals surface area contributed by atoms with Crippen LogP contribution in [0.5, 0.6) is 5.75 Å². The van der Waals surface area contributed by atoms with E-state index in [0.29, 0.717) is 18.7 Å². The van der Waals surface area contributed by atoms with Crippen LogP contribution < -0.4 is 21.5 Å². The van der Waals surface area contributed by atoms with Crippen LogP contribution in [0.2, 0.25) is 0 Å². The van der Waals surface area contributed by atoms with Crippen LogP contribution in [0.1, 0.15) is 62.6 Å². The minimum atomic E-state index is -0.254. The molecule has 0 aliphatic heterocycles. The zero-order valence-electron chi connectivity index (χ0n) is 15.1. The number of amides is 1. The second kappa shape index (κ2) is 11.9. The van der Waals surface area contributed by atoms with Gasteiger partial charge in [0.15, 0.2) is 0 Å². The highest BCUT2D eigenvalue weighted by atomic mass is 16.5. The maximum atomic E-state index is 12.0. The molecule has 0 aromatic heterocycles. The first kappa shape index (κ1) is 20.5. The van der Waals surface area contributed by atoms with E-state index in [2.05, 4.69) is 12.2 Å². The highest BCUT2D eigenvalue weighted by Gasteiger charge is 2.12. The van der Waals surface area contributed by atoms with Crippen molar-refractivity contribution in [3.8, 4) is 5.75 Å². The zero-order valence-corrected chi connectivity index (χ0v) is 15.1. The number of carbonyl (C=O) groups is 1. The number of nitrogens with one attached hydrogen (secondary N) is 1. The first-order valence-electron chi connectivity index (χ1n) is 9.01. The van der Waals surface area contributed by atoms with Gasteiger partial charge in [-0.05, 0) is 18.1 Å². The molecule has 1 aromatic rings. The van der Waals surface area contributed by atoms with Crippen molar-refractivity contribution in [2.45, 2.75) is 57.9 Å². The Morgan fingerprint density at radius 1 is 1.21 bits per heavy atom. The van der Waals surface area contributed by atoms with E-state index in [1.54, 1.807) is 7.11 Å². The molecular formula is C19H33N3O2. The topological polar surface area (TPSA) is 90.4 Å². The van der Waals surface area contributed by atoms with Crippen molar-refractivity contribution in [2.75, 3.05) is 20.2 Å². The van der Waals surface area contributed by atoms with Crippen LogP contribution in [-0.4, -0.2) is 26.1 Å². The molecule has 24 heavy (non-hydrogen) atoms. The number of hydrogen-bond donors (Lipinski definition) is 3. The lowest BCUT2D eigenvalue weighted by Crippen LogP contribution is -2.26. The third-order valence-electron chi connectivity index (χ3n) is 4.17. The Hall–Kier alpha value is -1.59. The van der Waals surface area contributed by atoms with E-state index in [1.807, 2.05) is 18.2 Å². The summed E-state index contributed by atoms with van der Waals surface area (Å²) < 4.78 is 5.37. The van der Waals surface area contributed by atoms with Gasteiger partial charge in [-0.25, -0.2) is 0 Å². The van der Waals surface area contributed by atoms with Gasteiger partial charge < -0.3 is 21.5 Å². The van der Waals surface area contributed by atoms with Gasteiger partial charge in [-0.2, -0.15) is 0 Å². The molecule has 0 saturated heterocycles. The molecule has 1 unspecified atom stereocenters. The maximum absolute atomic E-state index is 12.0. The molecule has 5 heteroatoms. The van der Waals surface area contributed by atoms with Gasteiger partial charge in [0.2, 0.25) is 5.91 Å². The molecule has 1 rings (SSSR count). The second-order valence-corrected chi connectivity index (χ2v) is 6.21. The van der Waals surface area contributed by atoms with Crippen molar-refractivity contribution < 1.29 is 9.53 Å². The van der Waals surface area contributed by atoms with Crippen molar-refractivity contribution in [3.05, 3.63) is 29.3 Å². The number of benzene rings is 1. The molecule has 0 fully saturated rings. The lowest BCUT2D eigenvalue weighted by atomic mass is 10.0. The highest BCUT2D eigenvalue weighted by molar-refractivity contribution is 5.78. The van der Waals surface area contributed by atoms with Crippen molar-refractivity contribution in [1.82, 2.24) is 5.32 Å². The van der Waals surface area contributed by atoms with Crippen LogP contribution in [0.4, 0.5) is 0 Å². The number of nitrogens with two attached hydrogens (primary N) is 2. The SMILES string of the molecule is CCCCCCCCNC(=O)Cc1ccc(C(N)CN)c(OC)c1. The summed E-state index contributed by atoms with van der Waals surface area (Å²) in [6, 6.07) is 5.43. The molecule has 0 radical (unpaired) electrons. The average molecular weight is 335 g/mol. The fourth-order valence-corrected chi connectivity index (χ4v) is 2.68. The first-order chi connectivity index (χ1) is 11.6. The Morgan fingerprint density at radius 3 is 2.58 bits per heavy atom. The fourth-order valence-electron chi connectivity index (χ4n) is 2.68. The lowest BCUT2D eigenvalue weighted by Gasteiger charge is -2.15. The van der Waals surface area contributed by atoms with Gasteiger partial charge in [-0.15, -0.1) is 0 Å². The average Bonchev–Trinajstić information content (AvgIpc) is 2.60. The summed E-state index contributed by atoms with van der Waals surface area (Å²) in [5.74, 6) is 0.732. The van der Waals surface area contributed by atoms with Crippen LogP contribution in [0.25, 0.3) is 0 Å². The van der Waals surface area contributed by atoms with Gasteiger partial charge >= 0.3 is 0 Å². The van der Waals surface area contributed by atoms with Gasteiger partial charge in [-0.1, -0.05) is 51.2 Å². The van der Waals surface area contributed by atoms with E-state index in [9.17, 15) is 4.79 Å². The van der Waals surface area contributed by atoms with Crippen molar-refractivity contribution in [2.24, 2.45) is 11.5 Å². The summed E-state index contributed by atoms with van der Waals surface area (Å²) in [5.41, 5.74) is 13.4. The van der Waals surface area contributed by atoms with E-state index in [4.69, 9.17) is 16.2 Å². The number of rotatable bonds is 12. The largest absolute Gasteiger partial charge is 0.496 e. The molecule has 0 saturated carbocycles. The minimum Gasteiger partial charge on any atom is -0.496 e. The van der Waals surface area contributed by atoms with Crippen molar-refractivity contribution >= 4 is 5.91 Å². The third-order valence-corrected chi connectivity index (χ3v) is 4.17. The quantitative estimate of drug-likeness (QED) is 0.512. The molecule has 136 valence electrons. The number of ether oxygens (including phenoxy) is 1. The second-order valence-electron chi connectivity index (χ2n) is 6.21. The molecule has 5 N–H and O–H groups in total. The van der Waals surface area contributed by atoms with E-state index < -0.39 is 0 Å². The van der Waals surface area contributed by atoms with Gasteiger partial charge in [0, 0.05) is 24.7 Å². The Kier molecular flexibility index (Phi) is 10.1. The summed E-state index contributed by atoms with van der Waals surface area (Å²) >= 11 is 0. The van der Waals surface area contributed by atoms with Crippen LogP contribution >= 0.6 is 0 Å². The molecule has 0 aliphatic carbocycles. The molecule has 0 aliphatic rings. The van der Waals surface area contributed by atoms with Gasteiger partial charge in [-0.3, -0.25) is 4.79 Å². The predicted molar refractivity (Wildman–Crippen MR) is 99.1 cm³/mol. The van der Waals surface area contributed by atoms with Gasteiger partial charge in [0.05, 0.1) is 13.5 Å². The predicted octanol–water partition coefficient (Wildman–Crippen LogP) is 2.67. The fraction of sp³-hybridized carbons (Fsp3) is 0.632. The monoisotopic (exact) mass is 335 g/mol. The number of hydrogen-bond acceptors (Lipinski definition) is 4. The molecule has 1 aromatic carbocycles. The van der Waals surface area contributed by atoms with Crippen LogP contribution in [-0.2, 0) is 11.2 Å². The molecule has 0 heterocycles. The number of carbonyl (C=O) groups excluding carboxylic acids is 1. The first-order valence-corrected chi connectivity index (χ1v) is 9.01. The zero-order chi connectivity index (χ0) is 17.8. The van der Waals surface area contributed by atoms with E-state index in [-0.39, 0.29) is 11.9 Å². The maximum Gasteiger partial charge on any atom is 0.224 e. The van der Waals surface area contributed by atoms with E-state index in [1.165, 1.54) is 32.1 Å². The molecule has 5 nitrogen and oxygen atoms in total. The normalized spacial score (nSPS) is 12.0. The lowest BCUT2D eigenvalue weighted by molar-refractivity contribution is -0.120. The molecular weight excluding hydrogens is 302 g/mol. The van der Waals surface area contributed by atoms with Crippen LogP contribution in [0, 0.1) is 0 Å². The third kappa shape index (κ3) is 7.32. The van der Waals surface area contributed by atoms with E-state index >= 15 is 0 Å². The Balaban J connectivity index is 2.38.